The van der Waals surface area contributed by atoms with Crippen molar-refractivity contribution in [3.63, 3.8) is 0 Å². The minimum absolute atomic E-state index is 0.171. The number of hydrogen-bond acceptors (Lipinski definition) is 4. The molecule has 0 amide bonds. The van der Waals surface area contributed by atoms with Gasteiger partial charge >= 0.3 is 0 Å². The predicted octanol–water partition coefficient (Wildman–Crippen LogP) is 1.55. The highest BCUT2D eigenvalue weighted by molar-refractivity contribution is 5.04. The first-order chi connectivity index (χ1) is 7.38. The van der Waals surface area contributed by atoms with Crippen LogP contribution < -0.4 is 5.32 Å². The maximum Gasteiger partial charge on any atom is 0.115 e. The monoisotopic (exact) mass is 209 g/mol. The summed E-state index contributed by atoms with van der Waals surface area (Å²) in [6, 6.07) is 2.09. The summed E-state index contributed by atoms with van der Waals surface area (Å²) in [4.78, 5) is 8.13. The van der Waals surface area contributed by atoms with E-state index in [1.54, 1.807) is 12.5 Å². The van der Waals surface area contributed by atoms with Crippen molar-refractivity contribution in [2.45, 2.75) is 26.3 Å². The highest BCUT2D eigenvalue weighted by atomic mass is 16.5. The van der Waals surface area contributed by atoms with Gasteiger partial charge in [-0.15, -0.1) is 0 Å². The Hall–Kier alpha value is -1.00. The van der Waals surface area contributed by atoms with Gasteiger partial charge in [0, 0.05) is 12.8 Å². The van der Waals surface area contributed by atoms with Gasteiger partial charge in [0.25, 0.3) is 0 Å². The van der Waals surface area contributed by atoms with E-state index in [1.165, 1.54) is 0 Å². The van der Waals surface area contributed by atoms with Crippen LogP contribution in [-0.4, -0.2) is 29.7 Å². The van der Waals surface area contributed by atoms with Gasteiger partial charge in [-0.3, -0.25) is 0 Å². The highest BCUT2D eigenvalue weighted by Crippen LogP contribution is 2.08. The molecule has 1 N–H and O–H groups in total. The smallest absolute Gasteiger partial charge is 0.115 e. The molecule has 0 aliphatic heterocycles. The molecule has 4 heteroatoms. The summed E-state index contributed by atoms with van der Waals surface area (Å²) in [5.74, 6) is 0. The maximum absolute atomic E-state index is 5.53. The summed E-state index contributed by atoms with van der Waals surface area (Å²) < 4.78 is 5.53. The van der Waals surface area contributed by atoms with E-state index in [0.29, 0.717) is 6.61 Å². The van der Waals surface area contributed by atoms with E-state index in [-0.39, 0.29) is 6.04 Å². The Morgan fingerprint density at radius 1 is 1.47 bits per heavy atom. The molecule has 0 fully saturated rings. The molecule has 0 aromatic carbocycles. The molecule has 0 aliphatic rings. The molecule has 84 valence electrons. The van der Waals surface area contributed by atoms with Crippen LogP contribution in [0.3, 0.4) is 0 Å². The summed E-state index contributed by atoms with van der Waals surface area (Å²) in [7, 11) is 0. The van der Waals surface area contributed by atoms with E-state index in [4.69, 9.17) is 4.74 Å². The van der Waals surface area contributed by atoms with Crippen LogP contribution in [0.2, 0.25) is 0 Å². The zero-order chi connectivity index (χ0) is 10.9. The largest absolute Gasteiger partial charge is 0.379 e. The normalized spacial score (nSPS) is 12.7. The van der Waals surface area contributed by atoms with Gasteiger partial charge in [-0.25, -0.2) is 9.97 Å². The van der Waals surface area contributed by atoms with Gasteiger partial charge in [0.2, 0.25) is 0 Å². The Bertz CT molecular complexity index is 253. The number of rotatable bonds is 7. The van der Waals surface area contributed by atoms with Crippen LogP contribution in [0.5, 0.6) is 0 Å². The van der Waals surface area contributed by atoms with E-state index in [0.717, 1.165) is 25.3 Å². The summed E-state index contributed by atoms with van der Waals surface area (Å²) in [6.07, 6.45) is 4.37. The standard InChI is InChI=1S/C11H19N3O/c1-3-7-15-8-11(13-4-2)10-5-6-12-9-14-10/h5-6,9,11,13H,3-4,7-8H2,1-2H3. The molecule has 15 heavy (non-hydrogen) atoms. The van der Waals surface area contributed by atoms with E-state index in [2.05, 4.69) is 29.1 Å². The van der Waals surface area contributed by atoms with Crippen molar-refractivity contribution in [1.82, 2.24) is 15.3 Å². The third kappa shape index (κ3) is 4.36. The fourth-order valence-electron chi connectivity index (χ4n) is 1.35. The molecule has 0 saturated carbocycles. The molecule has 1 unspecified atom stereocenters. The first-order valence-corrected chi connectivity index (χ1v) is 5.45. The number of aromatic nitrogens is 2. The lowest BCUT2D eigenvalue weighted by molar-refractivity contribution is 0.111. The average molecular weight is 209 g/mol. The second kappa shape index (κ2) is 7.31. The molecule has 0 radical (unpaired) electrons. The van der Waals surface area contributed by atoms with Crippen LogP contribution in [0.4, 0.5) is 0 Å². The SMILES string of the molecule is CCCOCC(NCC)c1ccncn1. The Balaban J connectivity index is 2.50. The number of ether oxygens (including phenoxy) is 1. The molecular formula is C11H19N3O. The van der Waals surface area contributed by atoms with Crippen LogP contribution in [0.25, 0.3) is 0 Å². The molecule has 0 saturated heterocycles. The van der Waals surface area contributed by atoms with Gasteiger partial charge in [-0.1, -0.05) is 13.8 Å². The van der Waals surface area contributed by atoms with Crippen molar-refractivity contribution in [2.75, 3.05) is 19.8 Å². The third-order valence-corrected chi connectivity index (χ3v) is 2.05. The van der Waals surface area contributed by atoms with Crippen LogP contribution in [0.1, 0.15) is 32.0 Å². The quantitative estimate of drug-likeness (QED) is 0.692. The van der Waals surface area contributed by atoms with Gasteiger partial charge in [0.05, 0.1) is 18.3 Å². The molecule has 0 aliphatic carbocycles. The first-order valence-electron chi connectivity index (χ1n) is 5.45. The number of hydrogen-bond donors (Lipinski definition) is 1. The number of nitrogens with one attached hydrogen (secondary N) is 1. The number of nitrogens with zero attached hydrogens (tertiary/aromatic N) is 2. The van der Waals surface area contributed by atoms with Crippen LogP contribution in [-0.2, 0) is 4.74 Å². The molecule has 4 nitrogen and oxygen atoms in total. The maximum atomic E-state index is 5.53. The molecular weight excluding hydrogens is 190 g/mol. The van der Waals surface area contributed by atoms with Crippen LogP contribution >= 0.6 is 0 Å². The zero-order valence-electron chi connectivity index (χ0n) is 9.44. The van der Waals surface area contributed by atoms with E-state index in [9.17, 15) is 0 Å². The Labute approximate surface area is 91.1 Å². The van der Waals surface area contributed by atoms with Crippen molar-refractivity contribution in [2.24, 2.45) is 0 Å². The van der Waals surface area contributed by atoms with Gasteiger partial charge in [-0.2, -0.15) is 0 Å². The zero-order valence-corrected chi connectivity index (χ0v) is 9.44. The number of likely N-dealkylation sites (N-methyl/N-ethyl adjacent to an activating group) is 1. The summed E-state index contributed by atoms with van der Waals surface area (Å²) in [6.45, 7) is 6.55. The predicted molar refractivity (Wildman–Crippen MR) is 59.6 cm³/mol. The molecule has 1 aromatic rings. The Kier molecular flexibility index (Phi) is 5.88. The van der Waals surface area contributed by atoms with Crippen LogP contribution in [0, 0.1) is 0 Å². The summed E-state index contributed by atoms with van der Waals surface area (Å²) in [5.41, 5.74) is 0.989. The fraction of sp³-hybridized carbons (Fsp3) is 0.636. The second-order valence-corrected chi connectivity index (χ2v) is 3.32. The van der Waals surface area contributed by atoms with E-state index >= 15 is 0 Å². The molecule has 1 heterocycles. The van der Waals surface area contributed by atoms with Crippen molar-refractivity contribution < 1.29 is 4.74 Å². The van der Waals surface area contributed by atoms with Gasteiger partial charge in [0.15, 0.2) is 0 Å². The molecule has 1 aromatic heterocycles. The van der Waals surface area contributed by atoms with Crippen molar-refractivity contribution in [1.29, 1.82) is 0 Å². The molecule has 1 atom stereocenters. The van der Waals surface area contributed by atoms with E-state index in [1.807, 2.05) is 6.07 Å². The lowest BCUT2D eigenvalue weighted by atomic mass is 10.2. The van der Waals surface area contributed by atoms with E-state index < -0.39 is 0 Å². The Morgan fingerprint density at radius 3 is 2.93 bits per heavy atom. The minimum atomic E-state index is 0.171. The van der Waals surface area contributed by atoms with Gasteiger partial charge < -0.3 is 10.1 Å². The minimum Gasteiger partial charge on any atom is -0.379 e. The van der Waals surface area contributed by atoms with Gasteiger partial charge in [0.1, 0.15) is 6.33 Å². The second-order valence-electron chi connectivity index (χ2n) is 3.32. The summed E-state index contributed by atoms with van der Waals surface area (Å²) >= 11 is 0. The lowest BCUT2D eigenvalue weighted by Crippen LogP contribution is -2.26. The van der Waals surface area contributed by atoms with Crippen molar-refractivity contribution in [3.8, 4) is 0 Å². The molecule has 0 spiro atoms. The van der Waals surface area contributed by atoms with Crippen molar-refractivity contribution >= 4 is 0 Å². The average Bonchev–Trinajstić information content (AvgIpc) is 2.29. The first kappa shape index (κ1) is 12.1. The van der Waals surface area contributed by atoms with Gasteiger partial charge in [-0.05, 0) is 19.0 Å². The molecule has 0 bridgehead atoms. The lowest BCUT2D eigenvalue weighted by Gasteiger charge is -2.16. The Morgan fingerprint density at radius 2 is 2.33 bits per heavy atom. The van der Waals surface area contributed by atoms with Crippen LogP contribution in [0.15, 0.2) is 18.6 Å². The fourth-order valence-corrected chi connectivity index (χ4v) is 1.35. The topological polar surface area (TPSA) is 47.0 Å². The third-order valence-electron chi connectivity index (χ3n) is 2.05. The highest BCUT2D eigenvalue weighted by Gasteiger charge is 2.10. The molecule has 1 rings (SSSR count). The van der Waals surface area contributed by atoms with Crippen molar-refractivity contribution in [3.05, 3.63) is 24.3 Å². The summed E-state index contributed by atoms with van der Waals surface area (Å²) in [5, 5.41) is 3.34.